The molecular formula is C16H17F3N4O2. The lowest BCUT2D eigenvalue weighted by Gasteiger charge is -2.30. The van der Waals surface area contributed by atoms with E-state index in [2.05, 4.69) is 15.5 Å². The Morgan fingerprint density at radius 1 is 1.28 bits per heavy atom. The van der Waals surface area contributed by atoms with E-state index >= 15 is 0 Å². The molecule has 2 amide bonds. The number of hydrogen-bond acceptors (Lipinski definition) is 4. The van der Waals surface area contributed by atoms with E-state index in [0.29, 0.717) is 31.6 Å². The van der Waals surface area contributed by atoms with Gasteiger partial charge in [0, 0.05) is 24.7 Å². The molecule has 1 aliphatic rings. The molecule has 0 saturated carbocycles. The van der Waals surface area contributed by atoms with Crippen molar-refractivity contribution < 1.29 is 22.4 Å². The van der Waals surface area contributed by atoms with Gasteiger partial charge in [0.1, 0.15) is 0 Å². The number of carbonyl (C=O) groups is 1. The van der Waals surface area contributed by atoms with Crippen LogP contribution in [0.4, 0.5) is 23.7 Å². The molecule has 0 bridgehead atoms. The Morgan fingerprint density at radius 3 is 2.60 bits per heavy atom. The molecule has 3 rings (SSSR count). The third kappa shape index (κ3) is 4.09. The molecule has 2 aromatic rings. The third-order valence-corrected chi connectivity index (χ3v) is 4.08. The quantitative estimate of drug-likeness (QED) is 0.890. The maximum Gasteiger partial charge on any atom is 0.470 e. The molecule has 134 valence electrons. The lowest BCUT2D eigenvalue weighted by atomic mass is 9.97. The Kier molecular flexibility index (Phi) is 4.65. The highest BCUT2D eigenvalue weighted by atomic mass is 19.4. The maximum absolute atomic E-state index is 12.5. The van der Waals surface area contributed by atoms with Crippen molar-refractivity contribution in [3.63, 3.8) is 0 Å². The Bertz CT molecular complexity index is 752. The number of nitrogens with zero attached hydrogens (tertiary/aromatic N) is 3. The van der Waals surface area contributed by atoms with Crippen LogP contribution in [0.1, 0.15) is 36.1 Å². The van der Waals surface area contributed by atoms with Crippen molar-refractivity contribution in [1.29, 1.82) is 0 Å². The van der Waals surface area contributed by atoms with Gasteiger partial charge in [0.15, 0.2) is 0 Å². The van der Waals surface area contributed by atoms with E-state index < -0.39 is 12.1 Å². The first-order valence-corrected chi connectivity index (χ1v) is 7.86. The molecule has 1 aliphatic heterocycles. The van der Waals surface area contributed by atoms with E-state index in [9.17, 15) is 18.0 Å². The fourth-order valence-corrected chi connectivity index (χ4v) is 2.77. The highest BCUT2D eigenvalue weighted by Crippen LogP contribution is 2.32. The molecule has 1 fully saturated rings. The number of halogens is 3. The van der Waals surface area contributed by atoms with Crippen molar-refractivity contribution in [1.82, 2.24) is 15.1 Å². The fraction of sp³-hybridized carbons (Fsp3) is 0.438. The second-order valence-electron chi connectivity index (χ2n) is 6.00. The zero-order valence-electron chi connectivity index (χ0n) is 13.5. The van der Waals surface area contributed by atoms with Crippen molar-refractivity contribution in [3.05, 3.63) is 41.6 Å². The number of benzene rings is 1. The number of likely N-dealkylation sites (tertiary alicyclic amines) is 1. The average Bonchev–Trinajstić information content (AvgIpc) is 3.05. The van der Waals surface area contributed by atoms with E-state index in [4.69, 9.17) is 4.42 Å². The number of aromatic nitrogens is 2. The van der Waals surface area contributed by atoms with E-state index in [1.165, 1.54) is 0 Å². The predicted octanol–water partition coefficient (Wildman–Crippen LogP) is 3.81. The van der Waals surface area contributed by atoms with Crippen LogP contribution < -0.4 is 5.32 Å². The highest BCUT2D eigenvalue weighted by Gasteiger charge is 2.39. The fourth-order valence-electron chi connectivity index (χ4n) is 2.77. The van der Waals surface area contributed by atoms with Crippen LogP contribution in [0.3, 0.4) is 0 Å². The number of anilines is 1. The number of piperidine rings is 1. The molecule has 1 aromatic heterocycles. The van der Waals surface area contributed by atoms with Gasteiger partial charge in [-0.05, 0) is 37.5 Å². The smallest absolute Gasteiger partial charge is 0.417 e. The van der Waals surface area contributed by atoms with Crippen molar-refractivity contribution in [2.24, 2.45) is 0 Å². The summed E-state index contributed by atoms with van der Waals surface area (Å²) in [5, 5.41) is 9.36. The van der Waals surface area contributed by atoms with Crippen LogP contribution in [0.25, 0.3) is 0 Å². The van der Waals surface area contributed by atoms with Gasteiger partial charge >= 0.3 is 18.1 Å². The normalized spacial score (nSPS) is 16.1. The van der Waals surface area contributed by atoms with Crippen LogP contribution in [-0.4, -0.2) is 34.2 Å². The number of rotatable bonds is 2. The van der Waals surface area contributed by atoms with Gasteiger partial charge in [-0.25, -0.2) is 4.79 Å². The van der Waals surface area contributed by atoms with Gasteiger partial charge in [0.05, 0.1) is 0 Å². The first-order chi connectivity index (χ1) is 11.8. The Balaban J connectivity index is 1.56. The monoisotopic (exact) mass is 354 g/mol. The first-order valence-electron chi connectivity index (χ1n) is 7.86. The molecule has 0 radical (unpaired) electrons. The summed E-state index contributed by atoms with van der Waals surface area (Å²) < 4.78 is 42.3. The lowest BCUT2D eigenvalue weighted by molar-refractivity contribution is -0.157. The van der Waals surface area contributed by atoms with E-state index in [1.54, 1.807) is 11.0 Å². The molecule has 6 nitrogen and oxygen atoms in total. The Labute approximate surface area is 142 Å². The minimum atomic E-state index is -4.64. The molecule has 0 unspecified atom stereocenters. The molecule has 1 aromatic carbocycles. The summed E-state index contributed by atoms with van der Waals surface area (Å²) in [6.45, 7) is 2.75. The molecule has 9 heteroatoms. The zero-order valence-corrected chi connectivity index (χ0v) is 13.5. The Morgan fingerprint density at radius 2 is 2.00 bits per heavy atom. The second kappa shape index (κ2) is 6.73. The summed E-state index contributed by atoms with van der Waals surface area (Å²) in [5.41, 5.74) is 1.74. The van der Waals surface area contributed by atoms with Crippen LogP contribution in [-0.2, 0) is 6.18 Å². The molecular weight excluding hydrogens is 337 g/mol. The van der Waals surface area contributed by atoms with E-state index in [0.717, 1.165) is 5.56 Å². The first kappa shape index (κ1) is 17.2. The van der Waals surface area contributed by atoms with Crippen LogP contribution in [0.5, 0.6) is 0 Å². The molecule has 0 aliphatic carbocycles. The summed E-state index contributed by atoms with van der Waals surface area (Å²) in [6.07, 6.45) is -3.69. The number of aryl methyl sites for hydroxylation is 1. The lowest BCUT2D eigenvalue weighted by Crippen LogP contribution is -2.40. The predicted molar refractivity (Wildman–Crippen MR) is 83.0 cm³/mol. The minimum Gasteiger partial charge on any atom is -0.417 e. The number of urea groups is 1. The van der Waals surface area contributed by atoms with Crippen molar-refractivity contribution in [3.8, 4) is 0 Å². The Hall–Kier alpha value is -2.58. The third-order valence-electron chi connectivity index (χ3n) is 4.08. The van der Waals surface area contributed by atoms with E-state index in [-0.39, 0.29) is 17.8 Å². The summed E-state index contributed by atoms with van der Waals surface area (Å²) in [5.74, 6) is -1.63. The number of nitrogens with one attached hydrogen (secondary N) is 1. The van der Waals surface area contributed by atoms with Gasteiger partial charge in [-0.3, -0.25) is 0 Å². The van der Waals surface area contributed by atoms with Crippen LogP contribution >= 0.6 is 0 Å². The molecule has 25 heavy (non-hydrogen) atoms. The van der Waals surface area contributed by atoms with Gasteiger partial charge in [-0.2, -0.15) is 13.2 Å². The average molecular weight is 354 g/mol. The van der Waals surface area contributed by atoms with Gasteiger partial charge in [0.2, 0.25) is 5.89 Å². The minimum absolute atomic E-state index is 0.0222. The van der Waals surface area contributed by atoms with Gasteiger partial charge in [0.25, 0.3) is 0 Å². The standard InChI is InChI=1S/C16H17F3N4O2/c1-10-3-2-4-12(9-10)20-15(24)23-7-5-11(6-8-23)13-21-22-14(25-13)16(17,18)19/h2-4,9,11H,5-8H2,1H3,(H,20,24). The molecule has 0 spiro atoms. The van der Waals surface area contributed by atoms with Crippen LogP contribution in [0.15, 0.2) is 28.7 Å². The largest absolute Gasteiger partial charge is 0.470 e. The molecule has 0 atom stereocenters. The van der Waals surface area contributed by atoms with E-state index in [1.807, 2.05) is 25.1 Å². The van der Waals surface area contributed by atoms with Crippen molar-refractivity contribution >= 4 is 11.7 Å². The molecule has 1 N–H and O–H groups in total. The van der Waals surface area contributed by atoms with Crippen molar-refractivity contribution in [2.45, 2.75) is 31.9 Å². The summed E-state index contributed by atoms with van der Waals surface area (Å²) in [6, 6.07) is 7.22. The summed E-state index contributed by atoms with van der Waals surface area (Å²) >= 11 is 0. The van der Waals surface area contributed by atoms with Gasteiger partial charge in [-0.15, -0.1) is 10.2 Å². The maximum atomic E-state index is 12.5. The molecule has 1 saturated heterocycles. The van der Waals surface area contributed by atoms with Gasteiger partial charge in [-0.1, -0.05) is 12.1 Å². The van der Waals surface area contributed by atoms with Gasteiger partial charge < -0.3 is 14.6 Å². The number of carbonyl (C=O) groups excluding carboxylic acids is 1. The van der Waals surface area contributed by atoms with Crippen LogP contribution in [0, 0.1) is 6.92 Å². The highest BCUT2D eigenvalue weighted by molar-refractivity contribution is 5.89. The molecule has 2 heterocycles. The SMILES string of the molecule is Cc1cccc(NC(=O)N2CCC(c3nnc(C(F)(F)F)o3)CC2)c1. The van der Waals surface area contributed by atoms with Crippen LogP contribution in [0.2, 0.25) is 0 Å². The number of alkyl halides is 3. The number of amides is 2. The second-order valence-corrected chi connectivity index (χ2v) is 6.00. The topological polar surface area (TPSA) is 71.3 Å². The van der Waals surface area contributed by atoms with Crippen molar-refractivity contribution in [2.75, 3.05) is 18.4 Å². The number of hydrogen-bond donors (Lipinski definition) is 1. The summed E-state index contributed by atoms with van der Waals surface area (Å²) in [4.78, 5) is 13.9. The summed E-state index contributed by atoms with van der Waals surface area (Å²) in [7, 11) is 0. The zero-order chi connectivity index (χ0) is 18.0.